The Morgan fingerprint density at radius 3 is 2.45 bits per heavy atom. The van der Waals surface area contributed by atoms with Crippen LogP contribution in [0.1, 0.15) is 55.0 Å². The van der Waals surface area contributed by atoms with E-state index in [2.05, 4.69) is 6.07 Å². The summed E-state index contributed by atoms with van der Waals surface area (Å²) in [5.41, 5.74) is 2.75. The number of hydrogen-bond donors (Lipinski definition) is 1. The van der Waals surface area contributed by atoms with Gasteiger partial charge >= 0.3 is 0 Å². The van der Waals surface area contributed by atoms with Crippen LogP contribution in [0.4, 0.5) is 0 Å². The van der Waals surface area contributed by atoms with E-state index < -0.39 is 6.10 Å². The van der Waals surface area contributed by atoms with E-state index in [9.17, 15) is 5.11 Å². The second-order valence-corrected chi connectivity index (χ2v) is 7.34. The molecule has 1 aliphatic rings. The minimum Gasteiger partial charge on any atom is -0.384 e. The molecule has 0 spiro atoms. The van der Waals surface area contributed by atoms with Crippen LogP contribution in [0, 0.1) is 6.92 Å². The number of aryl methyl sites for hydroxylation is 1. The normalized spacial score (nSPS) is 17.4. The summed E-state index contributed by atoms with van der Waals surface area (Å²) >= 11 is 1.90. The molecule has 1 heterocycles. The SMILES string of the molecule is Cc1nc(SC2CCCCC2)ccc1[C@H](O)c1ccccc1. The number of benzene rings is 1. The fourth-order valence-electron chi connectivity index (χ4n) is 3.07. The number of aliphatic hydroxyl groups excluding tert-OH is 1. The number of nitrogens with zero attached hydrogens (tertiary/aromatic N) is 1. The predicted octanol–water partition coefficient (Wildman–Crippen LogP) is 4.90. The molecule has 1 atom stereocenters. The smallest absolute Gasteiger partial charge is 0.106 e. The van der Waals surface area contributed by atoms with E-state index in [4.69, 9.17) is 4.98 Å². The molecule has 0 aliphatic heterocycles. The van der Waals surface area contributed by atoms with Gasteiger partial charge < -0.3 is 5.11 Å². The highest BCUT2D eigenvalue weighted by Gasteiger charge is 2.17. The van der Waals surface area contributed by atoms with Gasteiger partial charge in [0.15, 0.2) is 0 Å². The standard InChI is InChI=1S/C19H23NOS/c1-14-17(19(21)15-8-4-2-5-9-15)12-13-18(20-14)22-16-10-6-3-7-11-16/h2,4-5,8-9,12-13,16,19,21H,3,6-7,10-11H2,1H3/t19-/m1/s1. The lowest BCUT2D eigenvalue weighted by Crippen LogP contribution is -2.09. The third-order valence-electron chi connectivity index (χ3n) is 4.35. The van der Waals surface area contributed by atoms with E-state index in [1.165, 1.54) is 32.1 Å². The summed E-state index contributed by atoms with van der Waals surface area (Å²) in [5.74, 6) is 0. The second kappa shape index (κ2) is 7.30. The van der Waals surface area contributed by atoms with Gasteiger partial charge in [-0.15, -0.1) is 11.8 Å². The Balaban J connectivity index is 1.74. The van der Waals surface area contributed by atoms with E-state index in [-0.39, 0.29) is 0 Å². The number of thioether (sulfide) groups is 1. The first-order chi connectivity index (χ1) is 10.7. The van der Waals surface area contributed by atoms with Crippen molar-refractivity contribution in [2.75, 3.05) is 0 Å². The average molecular weight is 313 g/mol. The van der Waals surface area contributed by atoms with E-state index in [1.54, 1.807) is 0 Å². The molecule has 0 unspecified atom stereocenters. The van der Waals surface area contributed by atoms with E-state index in [1.807, 2.05) is 55.1 Å². The molecule has 0 bridgehead atoms. The molecular weight excluding hydrogens is 290 g/mol. The largest absolute Gasteiger partial charge is 0.384 e. The van der Waals surface area contributed by atoms with Crippen molar-refractivity contribution in [1.29, 1.82) is 0 Å². The Bertz CT molecular complexity index is 608. The number of aliphatic hydroxyl groups is 1. The molecular formula is C19H23NOS. The van der Waals surface area contributed by atoms with Crippen LogP contribution in [0.3, 0.4) is 0 Å². The number of hydrogen-bond acceptors (Lipinski definition) is 3. The summed E-state index contributed by atoms with van der Waals surface area (Å²) < 4.78 is 0. The highest BCUT2D eigenvalue weighted by Crippen LogP contribution is 2.34. The van der Waals surface area contributed by atoms with Gasteiger partial charge in [-0.3, -0.25) is 0 Å². The zero-order chi connectivity index (χ0) is 15.4. The second-order valence-electron chi connectivity index (χ2n) is 6.02. The lowest BCUT2D eigenvalue weighted by Gasteiger charge is -2.21. The van der Waals surface area contributed by atoms with Crippen molar-refractivity contribution in [1.82, 2.24) is 4.98 Å². The molecule has 0 radical (unpaired) electrons. The predicted molar refractivity (Wildman–Crippen MR) is 92.2 cm³/mol. The zero-order valence-corrected chi connectivity index (χ0v) is 13.9. The first-order valence-corrected chi connectivity index (χ1v) is 8.99. The Kier molecular flexibility index (Phi) is 5.16. The maximum atomic E-state index is 10.5. The average Bonchev–Trinajstić information content (AvgIpc) is 2.56. The van der Waals surface area contributed by atoms with Crippen molar-refractivity contribution < 1.29 is 5.11 Å². The van der Waals surface area contributed by atoms with Gasteiger partial charge in [-0.1, -0.05) is 55.7 Å². The summed E-state index contributed by atoms with van der Waals surface area (Å²) in [6.45, 7) is 1.99. The molecule has 1 fully saturated rings. The van der Waals surface area contributed by atoms with Gasteiger partial charge in [0, 0.05) is 16.5 Å². The highest BCUT2D eigenvalue weighted by molar-refractivity contribution is 7.99. The fourth-order valence-corrected chi connectivity index (χ4v) is 4.32. The minimum absolute atomic E-state index is 0.595. The van der Waals surface area contributed by atoms with Crippen molar-refractivity contribution in [2.45, 2.75) is 55.4 Å². The molecule has 3 heteroatoms. The molecule has 2 aromatic rings. The van der Waals surface area contributed by atoms with Gasteiger partial charge in [-0.2, -0.15) is 0 Å². The maximum Gasteiger partial charge on any atom is 0.106 e. The number of rotatable bonds is 4. The lowest BCUT2D eigenvalue weighted by atomic mass is 10.0. The molecule has 0 saturated heterocycles. The summed E-state index contributed by atoms with van der Waals surface area (Å²) in [6, 6.07) is 13.9. The van der Waals surface area contributed by atoms with Crippen molar-refractivity contribution in [3.63, 3.8) is 0 Å². The third-order valence-corrected chi connectivity index (χ3v) is 5.62. The minimum atomic E-state index is -0.595. The van der Waals surface area contributed by atoms with Crippen LogP contribution in [-0.4, -0.2) is 15.3 Å². The maximum absolute atomic E-state index is 10.5. The van der Waals surface area contributed by atoms with E-state index in [0.29, 0.717) is 5.25 Å². The van der Waals surface area contributed by atoms with Crippen molar-refractivity contribution in [3.8, 4) is 0 Å². The summed E-state index contributed by atoms with van der Waals surface area (Å²) in [5, 5.41) is 12.3. The zero-order valence-electron chi connectivity index (χ0n) is 13.0. The third kappa shape index (κ3) is 3.71. The van der Waals surface area contributed by atoms with Crippen molar-refractivity contribution in [2.24, 2.45) is 0 Å². The van der Waals surface area contributed by atoms with Crippen LogP contribution in [-0.2, 0) is 0 Å². The first-order valence-electron chi connectivity index (χ1n) is 8.11. The molecule has 0 amide bonds. The van der Waals surface area contributed by atoms with Gasteiger partial charge in [0.1, 0.15) is 6.10 Å². The van der Waals surface area contributed by atoms with Gasteiger partial charge in [0.05, 0.1) is 5.03 Å². The molecule has 2 nitrogen and oxygen atoms in total. The van der Waals surface area contributed by atoms with Crippen LogP contribution in [0.5, 0.6) is 0 Å². The van der Waals surface area contributed by atoms with Crippen LogP contribution in [0.2, 0.25) is 0 Å². The summed E-state index contributed by atoms with van der Waals surface area (Å²) in [6.07, 6.45) is 6.09. The van der Waals surface area contributed by atoms with Crippen LogP contribution < -0.4 is 0 Å². The quantitative estimate of drug-likeness (QED) is 0.872. The van der Waals surface area contributed by atoms with Gasteiger partial charge in [-0.05, 0) is 31.4 Å². The van der Waals surface area contributed by atoms with Crippen LogP contribution >= 0.6 is 11.8 Å². The van der Waals surface area contributed by atoms with Crippen molar-refractivity contribution >= 4 is 11.8 Å². The van der Waals surface area contributed by atoms with E-state index >= 15 is 0 Å². The van der Waals surface area contributed by atoms with Gasteiger partial charge in [0.25, 0.3) is 0 Å². The van der Waals surface area contributed by atoms with Crippen molar-refractivity contribution in [3.05, 3.63) is 59.3 Å². The summed E-state index contributed by atoms with van der Waals surface area (Å²) in [4.78, 5) is 4.72. The Hall–Kier alpha value is -1.32. The lowest BCUT2D eigenvalue weighted by molar-refractivity contribution is 0.219. The van der Waals surface area contributed by atoms with Crippen LogP contribution in [0.25, 0.3) is 0 Å². The van der Waals surface area contributed by atoms with Gasteiger partial charge in [0.2, 0.25) is 0 Å². The number of aromatic nitrogens is 1. The van der Waals surface area contributed by atoms with Crippen LogP contribution in [0.15, 0.2) is 47.5 Å². The monoisotopic (exact) mass is 313 g/mol. The van der Waals surface area contributed by atoms with E-state index in [0.717, 1.165) is 21.8 Å². The molecule has 1 aliphatic carbocycles. The molecule has 3 rings (SSSR count). The Morgan fingerprint density at radius 1 is 1.05 bits per heavy atom. The molecule has 1 aromatic carbocycles. The molecule has 1 saturated carbocycles. The highest BCUT2D eigenvalue weighted by atomic mass is 32.2. The van der Waals surface area contributed by atoms with Gasteiger partial charge in [-0.25, -0.2) is 4.98 Å². The summed E-state index contributed by atoms with van der Waals surface area (Å²) in [7, 11) is 0. The molecule has 22 heavy (non-hydrogen) atoms. The fraction of sp³-hybridized carbons (Fsp3) is 0.421. The first kappa shape index (κ1) is 15.6. The Morgan fingerprint density at radius 2 is 1.77 bits per heavy atom. The topological polar surface area (TPSA) is 33.1 Å². The number of pyridine rings is 1. The molecule has 1 aromatic heterocycles. The Labute approximate surface area is 137 Å². The molecule has 1 N–H and O–H groups in total. The molecule has 116 valence electrons.